The molecule has 2 nitrogen and oxygen atoms in total. The van der Waals surface area contributed by atoms with E-state index in [4.69, 9.17) is 4.98 Å². The van der Waals surface area contributed by atoms with Gasteiger partial charge in [0.1, 0.15) is 5.82 Å². The molecular weight excluding hydrogens is 372 g/mol. The fraction of sp³-hybridized carbons (Fsp3) is 0.318. The average Bonchev–Trinajstić information content (AvgIpc) is 2.92. The summed E-state index contributed by atoms with van der Waals surface area (Å²) in [5.74, 6) is 1.99. The van der Waals surface area contributed by atoms with Gasteiger partial charge in [0.2, 0.25) is 0 Å². The van der Waals surface area contributed by atoms with Crippen LogP contribution in [0.25, 0.3) is 11.0 Å². The molecular formula is C22H25BrN2. The molecule has 1 aromatic heterocycles. The van der Waals surface area contributed by atoms with E-state index in [1.807, 2.05) is 6.07 Å². The van der Waals surface area contributed by atoms with E-state index >= 15 is 0 Å². The van der Waals surface area contributed by atoms with Crippen LogP contribution in [0.15, 0.2) is 59.6 Å². The number of para-hydroxylation sites is 2. The number of halogens is 1. The zero-order valence-corrected chi connectivity index (χ0v) is 16.8. The number of hydrogen-bond donors (Lipinski definition) is 0. The van der Waals surface area contributed by atoms with Crippen LogP contribution in [-0.4, -0.2) is 9.55 Å². The number of allylic oxidation sites excluding steroid dienone is 1. The standard InChI is InChI=1S/C22H25BrN2/c1-15(2)13-18-9-11-19(12-10-18)17(4)22-24-20-7-5-6-8-21(20)25(22)14-16(3)23/h5-12,15,17H,3,13-14H2,1-2,4H3/t17-/m1/s1. The highest BCUT2D eigenvalue weighted by molar-refractivity contribution is 9.11. The predicted octanol–water partition coefficient (Wildman–Crippen LogP) is 6.30. The zero-order chi connectivity index (χ0) is 18.0. The van der Waals surface area contributed by atoms with Crippen molar-refractivity contribution in [3.8, 4) is 0 Å². The van der Waals surface area contributed by atoms with Crippen LogP contribution in [0.4, 0.5) is 0 Å². The van der Waals surface area contributed by atoms with Crippen LogP contribution in [0.1, 0.15) is 43.6 Å². The van der Waals surface area contributed by atoms with Crippen molar-refractivity contribution in [1.29, 1.82) is 0 Å². The van der Waals surface area contributed by atoms with E-state index in [9.17, 15) is 0 Å². The van der Waals surface area contributed by atoms with Gasteiger partial charge in [-0.1, -0.05) is 79.7 Å². The fourth-order valence-electron chi connectivity index (χ4n) is 3.33. The molecule has 0 unspecified atom stereocenters. The highest BCUT2D eigenvalue weighted by Crippen LogP contribution is 2.29. The zero-order valence-electron chi connectivity index (χ0n) is 15.2. The van der Waals surface area contributed by atoms with Crippen molar-refractivity contribution in [3.63, 3.8) is 0 Å². The molecule has 0 aliphatic carbocycles. The number of nitrogens with zero attached hydrogens (tertiary/aromatic N) is 2. The smallest absolute Gasteiger partial charge is 0.117 e. The minimum atomic E-state index is 0.229. The van der Waals surface area contributed by atoms with E-state index in [2.05, 4.69) is 90.3 Å². The Labute approximate surface area is 158 Å². The Morgan fingerprint density at radius 3 is 2.40 bits per heavy atom. The Morgan fingerprint density at radius 2 is 1.76 bits per heavy atom. The largest absolute Gasteiger partial charge is 0.322 e. The molecule has 3 aromatic rings. The van der Waals surface area contributed by atoms with Crippen molar-refractivity contribution in [2.75, 3.05) is 0 Å². The summed E-state index contributed by atoms with van der Waals surface area (Å²) in [6.07, 6.45) is 1.12. The second-order valence-corrected chi connectivity index (χ2v) is 8.24. The number of rotatable bonds is 6. The molecule has 0 spiro atoms. The number of fused-ring (bicyclic) bond motifs is 1. The first-order valence-electron chi connectivity index (χ1n) is 8.83. The third-order valence-electron chi connectivity index (χ3n) is 4.52. The van der Waals surface area contributed by atoms with Gasteiger partial charge in [-0.15, -0.1) is 0 Å². The van der Waals surface area contributed by atoms with E-state index in [0.29, 0.717) is 5.92 Å². The summed E-state index contributed by atoms with van der Waals surface area (Å²) in [6, 6.07) is 17.3. The first-order valence-corrected chi connectivity index (χ1v) is 9.62. The van der Waals surface area contributed by atoms with Crippen LogP contribution in [0.3, 0.4) is 0 Å². The summed E-state index contributed by atoms with van der Waals surface area (Å²) in [5.41, 5.74) is 4.88. The lowest BCUT2D eigenvalue weighted by atomic mass is 9.96. The minimum absolute atomic E-state index is 0.229. The molecule has 3 heteroatoms. The topological polar surface area (TPSA) is 17.8 Å². The lowest BCUT2D eigenvalue weighted by molar-refractivity contribution is 0.646. The van der Waals surface area contributed by atoms with Gasteiger partial charge in [-0.2, -0.15) is 0 Å². The number of hydrogen-bond acceptors (Lipinski definition) is 1. The maximum atomic E-state index is 4.91. The van der Waals surface area contributed by atoms with Crippen LogP contribution in [0.5, 0.6) is 0 Å². The van der Waals surface area contributed by atoms with Gasteiger partial charge in [-0.05, 0) is 35.6 Å². The molecule has 0 amide bonds. The monoisotopic (exact) mass is 396 g/mol. The molecule has 25 heavy (non-hydrogen) atoms. The van der Waals surface area contributed by atoms with Crippen molar-refractivity contribution < 1.29 is 0 Å². The number of benzene rings is 2. The molecule has 130 valence electrons. The highest BCUT2D eigenvalue weighted by Gasteiger charge is 2.18. The Hall–Kier alpha value is -1.87. The molecule has 0 saturated carbocycles. The summed E-state index contributed by atoms with van der Waals surface area (Å²) < 4.78 is 3.22. The first kappa shape index (κ1) is 17.9. The normalized spacial score (nSPS) is 12.7. The lowest BCUT2D eigenvalue weighted by Crippen LogP contribution is -2.08. The fourth-order valence-corrected chi connectivity index (χ4v) is 3.58. The van der Waals surface area contributed by atoms with Gasteiger partial charge in [0.25, 0.3) is 0 Å². The van der Waals surface area contributed by atoms with E-state index < -0.39 is 0 Å². The molecule has 0 saturated heterocycles. The molecule has 0 N–H and O–H groups in total. The Morgan fingerprint density at radius 1 is 1.08 bits per heavy atom. The molecule has 0 aliphatic heterocycles. The number of aromatic nitrogens is 2. The molecule has 0 radical (unpaired) electrons. The summed E-state index contributed by atoms with van der Waals surface area (Å²) >= 11 is 3.51. The van der Waals surface area contributed by atoms with Crippen molar-refractivity contribution in [3.05, 3.63) is 76.5 Å². The van der Waals surface area contributed by atoms with Crippen molar-refractivity contribution >= 4 is 27.0 Å². The maximum absolute atomic E-state index is 4.91. The summed E-state index contributed by atoms with van der Waals surface area (Å²) in [5, 5.41) is 0. The van der Waals surface area contributed by atoms with Gasteiger partial charge in [0.05, 0.1) is 17.6 Å². The van der Waals surface area contributed by atoms with E-state index in [0.717, 1.165) is 34.3 Å². The Kier molecular flexibility index (Phi) is 5.43. The Bertz CT molecular complexity index is 875. The van der Waals surface area contributed by atoms with E-state index in [1.54, 1.807) is 0 Å². The predicted molar refractivity (Wildman–Crippen MR) is 110 cm³/mol. The molecule has 0 bridgehead atoms. The summed E-state index contributed by atoms with van der Waals surface area (Å²) in [7, 11) is 0. The maximum Gasteiger partial charge on any atom is 0.117 e. The third-order valence-corrected chi connectivity index (χ3v) is 4.78. The van der Waals surface area contributed by atoms with E-state index in [-0.39, 0.29) is 5.92 Å². The van der Waals surface area contributed by atoms with Crippen molar-refractivity contribution in [1.82, 2.24) is 9.55 Å². The highest BCUT2D eigenvalue weighted by atomic mass is 79.9. The van der Waals surface area contributed by atoms with Crippen molar-refractivity contribution in [2.45, 2.75) is 39.7 Å². The van der Waals surface area contributed by atoms with Crippen molar-refractivity contribution in [2.24, 2.45) is 5.92 Å². The van der Waals surface area contributed by atoms with Gasteiger partial charge >= 0.3 is 0 Å². The number of imidazole rings is 1. The first-order chi connectivity index (χ1) is 12.0. The van der Waals surface area contributed by atoms with Gasteiger partial charge in [0.15, 0.2) is 0 Å². The average molecular weight is 397 g/mol. The van der Waals surface area contributed by atoms with Gasteiger partial charge in [-0.25, -0.2) is 4.98 Å². The van der Waals surface area contributed by atoms with Crippen LogP contribution in [-0.2, 0) is 13.0 Å². The molecule has 1 atom stereocenters. The summed E-state index contributed by atoms with van der Waals surface area (Å²) in [6.45, 7) is 11.5. The Balaban J connectivity index is 1.98. The molecule has 3 rings (SSSR count). The molecule has 1 heterocycles. The summed E-state index contributed by atoms with van der Waals surface area (Å²) in [4.78, 5) is 4.91. The van der Waals surface area contributed by atoms with Crippen LogP contribution < -0.4 is 0 Å². The van der Waals surface area contributed by atoms with Gasteiger partial charge in [-0.3, -0.25) is 0 Å². The van der Waals surface area contributed by atoms with Gasteiger partial charge in [0, 0.05) is 10.4 Å². The molecule has 0 fully saturated rings. The molecule has 0 aliphatic rings. The second kappa shape index (κ2) is 7.57. The van der Waals surface area contributed by atoms with Crippen LogP contribution >= 0.6 is 15.9 Å². The van der Waals surface area contributed by atoms with Crippen LogP contribution in [0, 0.1) is 5.92 Å². The molecule has 2 aromatic carbocycles. The van der Waals surface area contributed by atoms with Gasteiger partial charge < -0.3 is 4.57 Å². The van der Waals surface area contributed by atoms with Crippen LogP contribution in [0.2, 0.25) is 0 Å². The second-order valence-electron chi connectivity index (χ2n) is 7.12. The quantitative estimate of drug-likeness (QED) is 0.478. The third kappa shape index (κ3) is 4.04. The van der Waals surface area contributed by atoms with E-state index in [1.165, 1.54) is 11.1 Å². The SMILES string of the molecule is C=C(Br)Cn1c([C@H](C)c2ccc(CC(C)C)cc2)nc2ccccc21. The minimum Gasteiger partial charge on any atom is -0.322 e. The lowest BCUT2D eigenvalue weighted by Gasteiger charge is -2.16.